The fraction of sp³-hybridized carbons (Fsp3) is 0. The van der Waals surface area contributed by atoms with E-state index in [1.165, 1.54) is 0 Å². The van der Waals surface area contributed by atoms with Crippen LogP contribution >= 0.6 is 0 Å². The van der Waals surface area contributed by atoms with Gasteiger partial charge in [-0.1, -0.05) is 66.7 Å². The zero-order valence-corrected chi connectivity index (χ0v) is 23.5. The molecule has 0 fully saturated rings. The average molecular weight is 566 g/mol. The molecule has 0 saturated heterocycles. The maximum Gasteiger partial charge on any atom is 0.143 e. The Balaban J connectivity index is 1.26. The molecule has 0 spiro atoms. The van der Waals surface area contributed by atoms with Crippen molar-refractivity contribution in [1.29, 1.82) is 0 Å². The summed E-state index contributed by atoms with van der Waals surface area (Å²) >= 11 is 0. The van der Waals surface area contributed by atoms with E-state index < -0.39 is 0 Å². The first kappa shape index (κ1) is 23.6. The molecular weight excluding hydrogens is 542 g/mol. The van der Waals surface area contributed by atoms with Crippen LogP contribution < -0.4 is 4.90 Å². The van der Waals surface area contributed by atoms with Gasteiger partial charge in [0.25, 0.3) is 0 Å². The van der Waals surface area contributed by atoms with Crippen molar-refractivity contribution in [2.45, 2.75) is 0 Å². The molecule has 0 bridgehead atoms. The van der Waals surface area contributed by atoms with Gasteiger partial charge in [0.05, 0.1) is 0 Å². The van der Waals surface area contributed by atoms with E-state index in [0.717, 1.165) is 93.7 Å². The quantitative estimate of drug-likeness (QED) is 0.214. The van der Waals surface area contributed by atoms with E-state index >= 15 is 0 Å². The van der Waals surface area contributed by atoms with Crippen molar-refractivity contribution in [2.75, 3.05) is 4.90 Å². The lowest BCUT2D eigenvalue weighted by Gasteiger charge is -2.26. The zero-order valence-electron chi connectivity index (χ0n) is 23.5. The van der Waals surface area contributed by atoms with Gasteiger partial charge < -0.3 is 18.2 Å². The molecule has 0 radical (unpaired) electrons. The van der Waals surface area contributed by atoms with Crippen LogP contribution in [0.5, 0.6) is 0 Å². The average Bonchev–Trinajstić information content (AvgIpc) is 3.76. The standard InChI is InChI=1S/C40H23NO3/c1-6-12-37-28(7-1)31-18-14-24-13-15-25(21-32(24)40(31)44-37)41(26-16-19-38-33(22-26)29-8-2-4-10-35(29)42-38)27-17-20-39-34(23-27)30-9-3-5-11-36(30)43-39/h1-23H. The predicted octanol–water partition coefficient (Wildman–Crippen LogP) is 12.0. The molecule has 0 saturated carbocycles. The lowest BCUT2D eigenvalue weighted by molar-refractivity contribution is 0.668. The summed E-state index contributed by atoms with van der Waals surface area (Å²) in [5.41, 5.74) is 8.41. The van der Waals surface area contributed by atoms with Gasteiger partial charge in [0, 0.05) is 54.8 Å². The van der Waals surface area contributed by atoms with Crippen molar-refractivity contribution >= 4 is 93.7 Å². The minimum absolute atomic E-state index is 0.869. The normalized spacial score (nSPS) is 12.1. The summed E-state index contributed by atoms with van der Waals surface area (Å²) in [6.45, 7) is 0. The highest BCUT2D eigenvalue weighted by molar-refractivity contribution is 6.16. The van der Waals surface area contributed by atoms with E-state index in [1.54, 1.807) is 0 Å². The van der Waals surface area contributed by atoms with E-state index in [2.05, 4.69) is 108 Å². The third-order valence-corrected chi connectivity index (χ3v) is 8.84. The van der Waals surface area contributed by atoms with E-state index in [9.17, 15) is 0 Å². The van der Waals surface area contributed by atoms with Gasteiger partial charge in [0.15, 0.2) is 0 Å². The third-order valence-electron chi connectivity index (χ3n) is 8.84. The lowest BCUT2D eigenvalue weighted by Crippen LogP contribution is -2.09. The Bertz CT molecular complexity index is 2630. The molecule has 0 N–H and O–H groups in total. The molecule has 4 nitrogen and oxygen atoms in total. The smallest absolute Gasteiger partial charge is 0.143 e. The summed E-state index contributed by atoms with van der Waals surface area (Å²) in [6, 6.07) is 48.5. The van der Waals surface area contributed by atoms with Gasteiger partial charge in [-0.25, -0.2) is 0 Å². The molecule has 0 aliphatic heterocycles. The molecule has 0 aliphatic rings. The largest absolute Gasteiger partial charge is 0.456 e. The molecule has 0 atom stereocenters. The molecule has 3 heterocycles. The molecule has 44 heavy (non-hydrogen) atoms. The van der Waals surface area contributed by atoms with Crippen LogP contribution in [0, 0.1) is 0 Å². The van der Waals surface area contributed by atoms with Gasteiger partial charge in [-0.15, -0.1) is 0 Å². The van der Waals surface area contributed by atoms with Crippen LogP contribution in [0.2, 0.25) is 0 Å². The second-order valence-corrected chi connectivity index (χ2v) is 11.3. The first-order valence-electron chi connectivity index (χ1n) is 14.8. The number of furan rings is 3. The Kier molecular flexibility index (Phi) is 4.69. The second-order valence-electron chi connectivity index (χ2n) is 11.3. The monoisotopic (exact) mass is 565 g/mol. The molecule has 206 valence electrons. The first-order valence-corrected chi connectivity index (χ1v) is 14.8. The topological polar surface area (TPSA) is 42.7 Å². The van der Waals surface area contributed by atoms with Crippen molar-refractivity contribution < 1.29 is 13.3 Å². The fourth-order valence-electron chi connectivity index (χ4n) is 6.78. The molecule has 0 amide bonds. The van der Waals surface area contributed by atoms with Crippen LogP contribution in [0.4, 0.5) is 17.1 Å². The number of para-hydroxylation sites is 3. The van der Waals surface area contributed by atoms with Gasteiger partial charge in [-0.3, -0.25) is 0 Å². The lowest BCUT2D eigenvalue weighted by atomic mass is 10.0. The minimum atomic E-state index is 0.869. The first-order chi connectivity index (χ1) is 21.8. The van der Waals surface area contributed by atoms with Gasteiger partial charge in [0.1, 0.15) is 33.5 Å². The number of nitrogens with zero attached hydrogens (tertiary/aromatic N) is 1. The zero-order chi connectivity index (χ0) is 28.8. The Morgan fingerprint density at radius 1 is 0.318 bits per heavy atom. The van der Waals surface area contributed by atoms with Gasteiger partial charge in [-0.2, -0.15) is 0 Å². The SMILES string of the molecule is c1ccc2c(c1)oc1ccc(N(c3ccc4oc5ccccc5c4c3)c3ccc4ccc5c6ccccc6oc5c4c3)cc12. The number of fused-ring (bicyclic) bond motifs is 11. The van der Waals surface area contributed by atoms with Crippen molar-refractivity contribution in [3.8, 4) is 0 Å². The highest BCUT2D eigenvalue weighted by Gasteiger charge is 2.19. The number of hydrogen-bond donors (Lipinski definition) is 0. The van der Waals surface area contributed by atoms with Crippen LogP contribution in [0.3, 0.4) is 0 Å². The van der Waals surface area contributed by atoms with Crippen molar-refractivity contribution in [1.82, 2.24) is 0 Å². The highest BCUT2D eigenvalue weighted by atomic mass is 16.3. The van der Waals surface area contributed by atoms with E-state index in [0.29, 0.717) is 0 Å². The van der Waals surface area contributed by atoms with Crippen molar-refractivity contribution in [2.24, 2.45) is 0 Å². The predicted molar refractivity (Wildman–Crippen MR) is 180 cm³/mol. The van der Waals surface area contributed by atoms with Crippen molar-refractivity contribution in [3.05, 3.63) is 140 Å². The summed E-state index contributed by atoms with van der Waals surface area (Å²) in [6.07, 6.45) is 0. The minimum Gasteiger partial charge on any atom is -0.456 e. The van der Waals surface area contributed by atoms with Gasteiger partial charge in [0.2, 0.25) is 0 Å². The number of anilines is 3. The molecule has 10 rings (SSSR count). The molecule has 10 aromatic rings. The van der Waals surface area contributed by atoms with Gasteiger partial charge >= 0.3 is 0 Å². The maximum atomic E-state index is 6.46. The Labute approximate surface area is 250 Å². The molecule has 7 aromatic carbocycles. The number of benzene rings is 7. The summed E-state index contributed by atoms with van der Waals surface area (Å²) in [5.74, 6) is 0. The Morgan fingerprint density at radius 3 is 1.34 bits per heavy atom. The number of rotatable bonds is 3. The van der Waals surface area contributed by atoms with E-state index in [-0.39, 0.29) is 0 Å². The molecule has 0 unspecified atom stereocenters. The summed E-state index contributed by atoms with van der Waals surface area (Å²) in [5, 5.41) is 8.82. The third kappa shape index (κ3) is 3.33. The Morgan fingerprint density at radius 2 is 0.750 bits per heavy atom. The summed E-state index contributed by atoms with van der Waals surface area (Å²) < 4.78 is 18.8. The van der Waals surface area contributed by atoms with E-state index in [4.69, 9.17) is 13.3 Å². The summed E-state index contributed by atoms with van der Waals surface area (Å²) in [4.78, 5) is 2.31. The molecule has 0 aliphatic carbocycles. The van der Waals surface area contributed by atoms with Crippen LogP contribution in [0.25, 0.3) is 76.6 Å². The molecule has 3 aromatic heterocycles. The molecule has 4 heteroatoms. The van der Waals surface area contributed by atoms with Crippen LogP contribution in [0.1, 0.15) is 0 Å². The van der Waals surface area contributed by atoms with Crippen molar-refractivity contribution in [3.63, 3.8) is 0 Å². The van der Waals surface area contributed by atoms with Crippen LogP contribution in [-0.4, -0.2) is 0 Å². The number of hydrogen-bond acceptors (Lipinski definition) is 4. The van der Waals surface area contributed by atoms with E-state index in [1.807, 2.05) is 36.4 Å². The molecular formula is C40H23NO3. The highest BCUT2D eigenvalue weighted by Crippen LogP contribution is 2.43. The summed E-state index contributed by atoms with van der Waals surface area (Å²) in [7, 11) is 0. The van der Waals surface area contributed by atoms with Gasteiger partial charge in [-0.05, 0) is 78.2 Å². The Hall–Kier alpha value is -6.00. The van der Waals surface area contributed by atoms with Crippen LogP contribution in [0.15, 0.2) is 153 Å². The maximum absolute atomic E-state index is 6.46. The second kappa shape index (κ2) is 8.76. The van der Waals surface area contributed by atoms with Crippen LogP contribution in [-0.2, 0) is 0 Å². The fourth-order valence-corrected chi connectivity index (χ4v) is 6.78.